The van der Waals surface area contributed by atoms with Gasteiger partial charge in [0.2, 0.25) is 5.91 Å². The molecule has 1 aromatic carbocycles. The van der Waals surface area contributed by atoms with Gasteiger partial charge in [0.1, 0.15) is 6.04 Å². The number of carbonyl (C=O) groups excluding carboxylic acids is 3. The predicted molar refractivity (Wildman–Crippen MR) is 104 cm³/mol. The Labute approximate surface area is 166 Å². The number of hydrogen-bond acceptors (Lipinski definition) is 5. The van der Waals surface area contributed by atoms with E-state index in [-0.39, 0.29) is 29.2 Å². The maximum Gasteiger partial charge on any atom is 0.291 e. The van der Waals surface area contributed by atoms with E-state index in [0.717, 1.165) is 6.42 Å². The summed E-state index contributed by atoms with van der Waals surface area (Å²) < 4.78 is 10.2. The van der Waals surface area contributed by atoms with Gasteiger partial charge in [-0.15, -0.1) is 0 Å². The highest BCUT2D eigenvalue weighted by Gasteiger charge is 2.35. The van der Waals surface area contributed by atoms with Crippen LogP contribution in [0.1, 0.15) is 34.0 Å². The molecule has 0 aliphatic carbocycles. The SMILES string of the molecule is O=C(Nc1cccc(NC(=O)C2CCCN2C(=O)c2ccco2)c1)c1ccco1. The van der Waals surface area contributed by atoms with E-state index in [2.05, 4.69) is 10.6 Å². The summed E-state index contributed by atoms with van der Waals surface area (Å²) in [5.41, 5.74) is 1.03. The summed E-state index contributed by atoms with van der Waals surface area (Å²) in [6, 6.07) is 12.6. The van der Waals surface area contributed by atoms with Crippen LogP contribution in [0.5, 0.6) is 0 Å². The average molecular weight is 393 g/mol. The number of furan rings is 2. The zero-order valence-electron chi connectivity index (χ0n) is 15.5. The van der Waals surface area contributed by atoms with Crippen LogP contribution in [0.4, 0.5) is 11.4 Å². The van der Waals surface area contributed by atoms with Crippen molar-refractivity contribution in [3.63, 3.8) is 0 Å². The van der Waals surface area contributed by atoms with Crippen molar-refractivity contribution in [3.8, 4) is 0 Å². The third kappa shape index (κ3) is 4.06. The molecule has 1 atom stereocenters. The monoisotopic (exact) mass is 393 g/mol. The van der Waals surface area contributed by atoms with E-state index in [0.29, 0.717) is 24.3 Å². The lowest BCUT2D eigenvalue weighted by Crippen LogP contribution is -2.43. The molecule has 2 aromatic heterocycles. The number of hydrogen-bond donors (Lipinski definition) is 2. The van der Waals surface area contributed by atoms with Crippen molar-refractivity contribution < 1.29 is 23.2 Å². The Morgan fingerprint density at radius 3 is 2.28 bits per heavy atom. The minimum Gasteiger partial charge on any atom is -0.459 e. The maximum absolute atomic E-state index is 12.8. The van der Waals surface area contributed by atoms with Crippen molar-refractivity contribution in [1.29, 1.82) is 0 Å². The average Bonchev–Trinajstić information content (AvgIpc) is 3.50. The number of benzene rings is 1. The molecule has 3 heterocycles. The van der Waals surface area contributed by atoms with Gasteiger partial charge < -0.3 is 24.4 Å². The van der Waals surface area contributed by atoms with E-state index in [1.807, 2.05) is 0 Å². The summed E-state index contributed by atoms with van der Waals surface area (Å²) in [4.78, 5) is 39.0. The van der Waals surface area contributed by atoms with Crippen LogP contribution in [0.3, 0.4) is 0 Å². The number of amides is 3. The number of anilines is 2. The second-order valence-electron chi connectivity index (χ2n) is 6.64. The van der Waals surface area contributed by atoms with E-state index in [4.69, 9.17) is 8.83 Å². The lowest BCUT2D eigenvalue weighted by atomic mass is 10.2. The zero-order valence-corrected chi connectivity index (χ0v) is 15.5. The molecule has 0 saturated carbocycles. The van der Waals surface area contributed by atoms with Crippen LogP contribution in [-0.4, -0.2) is 35.2 Å². The summed E-state index contributed by atoms with van der Waals surface area (Å²) in [5.74, 6) is -0.557. The van der Waals surface area contributed by atoms with Gasteiger partial charge in [0, 0.05) is 17.9 Å². The summed E-state index contributed by atoms with van der Waals surface area (Å²) in [6.45, 7) is 0.497. The van der Waals surface area contributed by atoms with Gasteiger partial charge in [0.05, 0.1) is 12.5 Å². The van der Waals surface area contributed by atoms with Gasteiger partial charge in [-0.25, -0.2) is 0 Å². The molecular weight excluding hydrogens is 374 g/mol. The molecule has 148 valence electrons. The van der Waals surface area contributed by atoms with Gasteiger partial charge in [0.25, 0.3) is 11.8 Å². The number of carbonyl (C=O) groups is 3. The molecule has 1 saturated heterocycles. The van der Waals surface area contributed by atoms with Gasteiger partial charge in [-0.1, -0.05) is 6.07 Å². The van der Waals surface area contributed by atoms with Gasteiger partial charge in [-0.3, -0.25) is 14.4 Å². The Bertz CT molecular complexity index is 1010. The summed E-state index contributed by atoms with van der Waals surface area (Å²) in [5, 5.41) is 5.54. The molecule has 8 nitrogen and oxygen atoms in total. The molecule has 3 aromatic rings. The van der Waals surface area contributed by atoms with Crippen LogP contribution in [0, 0.1) is 0 Å². The van der Waals surface area contributed by atoms with Gasteiger partial charge in [-0.2, -0.15) is 0 Å². The largest absolute Gasteiger partial charge is 0.459 e. The van der Waals surface area contributed by atoms with Crippen LogP contribution < -0.4 is 10.6 Å². The van der Waals surface area contributed by atoms with E-state index in [1.165, 1.54) is 17.4 Å². The van der Waals surface area contributed by atoms with E-state index in [9.17, 15) is 14.4 Å². The van der Waals surface area contributed by atoms with Crippen molar-refractivity contribution in [2.45, 2.75) is 18.9 Å². The minimum absolute atomic E-state index is 0.192. The molecule has 3 amide bonds. The summed E-state index contributed by atoms with van der Waals surface area (Å²) >= 11 is 0. The molecule has 1 aliphatic heterocycles. The zero-order chi connectivity index (χ0) is 20.2. The van der Waals surface area contributed by atoms with Crippen molar-refractivity contribution in [2.75, 3.05) is 17.2 Å². The Hall–Kier alpha value is -3.81. The molecule has 8 heteroatoms. The van der Waals surface area contributed by atoms with E-state index < -0.39 is 6.04 Å². The molecule has 1 unspecified atom stereocenters. The van der Waals surface area contributed by atoms with Gasteiger partial charge >= 0.3 is 0 Å². The highest BCUT2D eigenvalue weighted by atomic mass is 16.3. The normalized spacial score (nSPS) is 15.9. The highest BCUT2D eigenvalue weighted by molar-refractivity contribution is 6.03. The topological polar surface area (TPSA) is 105 Å². The van der Waals surface area contributed by atoms with Crippen molar-refractivity contribution in [2.24, 2.45) is 0 Å². The first-order chi connectivity index (χ1) is 14.1. The summed E-state index contributed by atoms with van der Waals surface area (Å²) in [7, 11) is 0. The van der Waals surface area contributed by atoms with Crippen LogP contribution in [0.25, 0.3) is 0 Å². The second-order valence-corrected chi connectivity index (χ2v) is 6.64. The van der Waals surface area contributed by atoms with E-state index >= 15 is 0 Å². The van der Waals surface area contributed by atoms with Gasteiger partial charge in [0.15, 0.2) is 11.5 Å². The molecule has 4 rings (SSSR count). The fourth-order valence-electron chi connectivity index (χ4n) is 3.32. The fourth-order valence-corrected chi connectivity index (χ4v) is 3.32. The lowest BCUT2D eigenvalue weighted by Gasteiger charge is -2.23. The Balaban J connectivity index is 1.43. The molecular formula is C21H19N3O5. The first-order valence-electron chi connectivity index (χ1n) is 9.22. The minimum atomic E-state index is -0.575. The quantitative estimate of drug-likeness (QED) is 0.692. The predicted octanol–water partition coefficient (Wildman–Crippen LogP) is 3.37. The standard InChI is InChI=1S/C21H19N3O5/c25-19(16-7-2-10-24(16)21(27)18-9-4-12-29-18)22-14-5-1-6-15(13-14)23-20(26)17-8-3-11-28-17/h1,3-6,8-9,11-13,16H,2,7,10H2,(H,22,25)(H,23,26). The molecule has 0 spiro atoms. The second kappa shape index (κ2) is 8.05. The van der Waals surface area contributed by atoms with Gasteiger partial charge in [-0.05, 0) is 55.3 Å². The molecule has 0 bridgehead atoms. The number of rotatable bonds is 5. The van der Waals surface area contributed by atoms with Crippen LogP contribution in [-0.2, 0) is 4.79 Å². The first-order valence-corrected chi connectivity index (χ1v) is 9.22. The van der Waals surface area contributed by atoms with Crippen LogP contribution in [0.2, 0.25) is 0 Å². The Morgan fingerprint density at radius 1 is 0.897 bits per heavy atom. The van der Waals surface area contributed by atoms with Crippen LogP contribution >= 0.6 is 0 Å². The molecule has 1 fully saturated rings. The van der Waals surface area contributed by atoms with Crippen LogP contribution in [0.15, 0.2) is 69.9 Å². The van der Waals surface area contributed by atoms with E-state index in [1.54, 1.807) is 48.5 Å². The van der Waals surface area contributed by atoms with Crippen molar-refractivity contribution in [3.05, 3.63) is 72.6 Å². The first kappa shape index (κ1) is 18.5. The van der Waals surface area contributed by atoms with Crippen molar-refractivity contribution >= 4 is 29.1 Å². The maximum atomic E-state index is 12.8. The Kier molecular flexibility index (Phi) is 5.15. The lowest BCUT2D eigenvalue weighted by molar-refractivity contribution is -0.119. The Morgan fingerprint density at radius 2 is 1.59 bits per heavy atom. The number of nitrogens with one attached hydrogen (secondary N) is 2. The number of nitrogens with zero attached hydrogens (tertiary/aromatic N) is 1. The molecule has 29 heavy (non-hydrogen) atoms. The smallest absolute Gasteiger partial charge is 0.291 e. The van der Waals surface area contributed by atoms with Crippen molar-refractivity contribution in [1.82, 2.24) is 4.90 Å². The molecule has 1 aliphatic rings. The number of likely N-dealkylation sites (tertiary alicyclic amines) is 1. The molecule has 0 radical (unpaired) electrons. The third-order valence-corrected chi connectivity index (χ3v) is 4.68. The highest BCUT2D eigenvalue weighted by Crippen LogP contribution is 2.23. The fraction of sp³-hybridized carbons (Fsp3) is 0.190. The molecule has 2 N–H and O–H groups in total. The summed E-state index contributed by atoms with van der Waals surface area (Å²) in [6.07, 6.45) is 4.17. The third-order valence-electron chi connectivity index (χ3n) is 4.68.